The van der Waals surface area contributed by atoms with E-state index in [1.165, 1.54) is 0 Å². The summed E-state index contributed by atoms with van der Waals surface area (Å²) in [7, 11) is 0. The molecule has 0 aliphatic carbocycles. The minimum Gasteiger partial charge on any atom is -0.508 e. The molecule has 0 aromatic heterocycles. The lowest BCUT2D eigenvalue weighted by Crippen LogP contribution is -2.31. The van der Waals surface area contributed by atoms with Crippen LogP contribution in [0.15, 0.2) is 18.2 Å². The largest absolute Gasteiger partial charge is 0.508 e. The maximum atomic E-state index is 10.00. The number of aromatic hydroxyl groups is 1. The van der Waals surface area contributed by atoms with Gasteiger partial charge in [-0.25, -0.2) is 0 Å². The zero-order valence-corrected chi connectivity index (χ0v) is 11.4. The van der Waals surface area contributed by atoms with Gasteiger partial charge in [0.25, 0.3) is 0 Å². The number of phenolic OH excluding ortho intramolecular Hbond substituents is 1. The molecule has 4 heteroatoms. The third-order valence-corrected chi connectivity index (χ3v) is 3.14. The van der Waals surface area contributed by atoms with E-state index in [0.29, 0.717) is 5.56 Å². The van der Waals surface area contributed by atoms with Crippen LogP contribution in [0.5, 0.6) is 5.75 Å². The van der Waals surface area contributed by atoms with Gasteiger partial charge in [-0.15, -0.1) is 12.4 Å². The molecule has 1 unspecified atom stereocenters. The maximum absolute atomic E-state index is 10.00. The van der Waals surface area contributed by atoms with E-state index in [0.717, 1.165) is 12.0 Å². The van der Waals surface area contributed by atoms with Crippen LogP contribution >= 0.6 is 12.4 Å². The van der Waals surface area contributed by atoms with Crippen molar-refractivity contribution in [2.45, 2.75) is 39.3 Å². The average molecular weight is 260 g/mol. The molecule has 3 atom stereocenters. The smallest absolute Gasteiger partial charge is 0.120 e. The third kappa shape index (κ3) is 3.87. The fourth-order valence-corrected chi connectivity index (χ4v) is 1.71. The molecule has 1 aromatic rings. The summed E-state index contributed by atoms with van der Waals surface area (Å²) in [6, 6.07) is 4.80. The quantitative estimate of drug-likeness (QED) is 0.778. The van der Waals surface area contributed by atoms with E-state index in [2.05, 4.69) is 0 Å². The fraction of sp³-hybridized carbons (Fsp3) is 0.538. The van der Waals surface area contributed by atoms with E-state index in [1.54, 1.807) is 12.1 Å². The molecule has 3 nitrogen and oxygen atoms in total. The predicted molar refractivity (Wildman–Crippen MR) is 72.5 cm³/mol. The van der Waals surface area contributed by atoms with E-state index in [4.69, 9.17) is 5.73 Å². The Labute approximate surface area is 109 Å². The standard InChI is InChI=1S/C13H21NO2.ClH/c1-4-9(3)13(16)12(14)10-6-5-8(2)7-11(10)15;/h5-7,9,12-13,15-16H,4,14H2,1-3H3;1H/t9?,12-,13+;/m0./s1. The molecule has 0 amide bonds. The summed E-state index contributed by atoms with van der Waals surface area (Å²) in [4.78, 5) is 0. The highest BCUT2D eigenvalue weighted by Gasteiger charge is 2.23. The van der Waals surface area contributed by atoms with Crippen molar-refractivity contribution in [3.05, 3.63) is 29.3 Å². The Morgan fingerprint density at radius 2 is 1.94 bits per heavy atom. The summed E-state index contributed by atoms with van der Waals surface area (Å²) < 4.78 is 0. The number of benzene rings is 1. The van der Waals surface area contributed by atoms with Gasteiger partial charge in [0.2, 0.25) is 0 Å². The molecule has 0 saturated carbocycles. The lowest BCUT2D eigenvalue weighted by molar-refractivity contribution is 0.0871. The highest BCUT2D eigenvalue weighted by Crippen LogP contribution is 2.28. The zero-order chi connectivity index (χ0) is 12.3. The van der Waals surface area contributed by atoms with Crippen molar-refractivity contribution in [2.75, 3.05) is 0 Å². The molecule has 17 heavy (non-hydrogen) atoms. The van der Waals surface area contributed by atoms with E-state index in [9.17, 15) is 10.2 Å². The Bertz CT molecular complexity index is 357. The first kappa shape index (κ1) is 16.2. The summed E-state index contributed by atoms with van der Waals surface area (Å²) in [6.07, 6.45) is 0.236. The predicted octanol–water partition coefficient (Wildman–Crippen LogP) is 2.53. The normalized spacial score (nSPS) is 15.8. The van der Waals surface area contributed by atoms with Crippen molar-refractivity contribution in [2.24, 2.45) is 11.7 Å². The Hall–Kier alpha value is -0.770. The lowest BCUT2D eigenvalue weighted by atomic mass is 9.91. The van der Waals surface area contributed by atoms with Crippen LogP contribution in [-0.2, 0) is 0 Å². The number of aliphatic hydroxyl groups is 1. The first-order valence-electron chi connectivity index (χ1n) is 5.70. The molecule has 0 aliphatic rings. The van der Waals surface area contributed by atoms with Crippen LogP contribution in [0.25, 0.3) is 0 Å². The molecule has 1 aromatic carbocycles. The van der Waals surface area contributed by atoms with Crippen LogP contribution in [0, 0.1) is 12.8 Å². The van der Waals surface area contributed by atoms with Crippen molar-refractivity contribution in [3.8, 4) is 5.75 Å². The molecule has 0 radical (unpaired) electrons. The van der Waals surface area contributed by atoms with Gasteiger partial charge in [-0.3, -0.25) is 0 Å². The topological polar surface area (TPSA) is 66.5 Å². The monoisotopic (exact) mass is 259 g/mol. The van der Waals surface area contributed by atoms with Gasteiger partial charge >= 0.3 is 0 Å². The molecule has 0 bridgehead atoms. The molecular weight excluding hydrogens is 238 g/mol. The van der Waals surface area contributed by atoms with Crippen molar-refractivity contribution in [1.82, 2.24) is 0 Å². The Morgan fingerprint density at radius 1 is 1.35 bits per heavy atom. The van der Waals surface area contributed by atoms with E-state index < -0.39 is 12.1 Å². The molecule has 0 spiro atoms. The summed E-state index contributed by atoms with van der Waals surface area (Å²) in [5.74, 6) is 0.283. The Kier molecular flexibility index (Phi) is 6.53. The number of hydrogen-bond acceptors (Lipinski definition) is 3. The van der Waals surface area contributed by atoms with E-state index in [1.807, 2.05) is 26.8 Å². The second kappa shape index (κ2) is 6.84. The van der Waals surface area contributed by atoms with Crippen LogP contribution in [0.4, 0.5) is 0 Å². The van der Waals surface area contributed by atoms with Gasteiger partial charge in [-0.2, -0.15) is 0 Å². The van der Waals surface area contributed by atoms with Crippen LogP contribution in [0.3, 0.4) is 0 Å². The number of aryl methyl sites for hydroxylation is 1. The third-order valence-electron chi connectivity index (χ3n) is 3.14. The van der Waals surface area contributed by atoms with E-state index in [-0.39, 0.29) is 24.1 Å². The molecule has 0 saturated heterocycles. The second-order valence-electron chi connectivity index (χ2n) is 4.46. The zero-order valence-electron chi connectivity index (χ0n) is 10.6. The van der Waals surface area contributed by atoms with Crippen LogP contribution in [0.2, 0.25) is 0 Å². The molecule has 98 valence electrons. The van der Waals surface area contributed by atoms with Crippen molar-refractivity contribution >= 4 is 12.4 Å². The van der Waals surface area contributed by atoms with Gasteiger partial charge in [0.1, 0.15) is 5.75 Å². The van der Waals surface area contributed by atoms with Gasteiger partial charge in [0, 0.05) is 5.56 Å². The molecule has 0 fully saturated rings. The van der Waals surface area contributed by atoms with Crippen molar-refractivity contribution in [3.63, 3.8) is 0 Å². The summed E-state index contributed by atoms with van der Waals surface area (Å²) in [6.45, 7) is 5.87. The fourth-order valence-electron chi connectivity index (χ4n) is 1.71. The van der Waals surface area contributed by atoms with E-state index >= 15 is 0 Å². The Morgan fingerprint density at radius 3 is 2.41 bits per heavy atom. The van der Waals surface area contributed by atoms with Crippen molar-refractivity contribution in [1.29, 1.82) is 0 Å². The second-order valence-corrected chi connectivity index (χ2v) is 4.46. The molecule has 0 heterocycles. The average Bonchev–Trinajstić information content (AvgIpc) is 2.26. The van der Waals surface area contributed by atoms with Gasteiger partial charge in [-0.1, -0.05) is 32.4 Å². The SMILES string of the molecule is CCC(C)[C@@H](O)[C@@H](N)c1ccc(C)cc1O.Cl. The minimum atomic E-state index is -0.626. The number of nitrogens with two attached hydrogens (primary N) is 1. The molecule has 0 aliphatic heterocycles. The van der Waals surface area contributed by atoms with Crippen LogP contribution < -0.4 is 5.73 Å². The summed E-state index contributed by atoms with van der Waals surface area (Å²) >= 11 is 0. The van der Waals surface area contributed by atoms with Gasteiger partial charge in [0.15, 0.2) is 0 Å². The number of hydrogen-bond donors (Lipinski definition) is 3. The van der Waals surface area contributed by atoms with Gasteiger partial charge in [0.05, 0.1) is 12.1 Å². The minimum absolute atomic E-state index is 0. The lowest BCUT2D eigenvalue weighted by Gasteiger charge is -2.24. The van der Waals surface area contributed by atoms with Gasteiger partial charge in [-0.05, 0) is 24.5 Å². The molecule has 4 N–H and O–H groups in total. The first-order chi connectivity index (χ1) is 7.47. The first-order valence-corrected chi connectivity index (χ1v) is 5.70. The summed E-state index contributed by atoms with van der Waals surface area (Å²) in [5.41, 5.74) is 7.54. The van der Waals surface area contributed by atoms with Gasteiger partial charge < -0.3 is 15.9 Å². The summed E-state index contributed by atoms with van der Waals surface area (Å²) in [5, 5.41) is 19.8. The molecule has 1 rings (SSSR count). The van der Waals surface area contributed by atoms with Crippen LogP contribution in [-0.4, -0.2) is 16.3 Å². The Balaban J connectivity index is 0.00000256. The maximum Gasteiger partial charge on any atom is 0.120 e. The highest BCUT2D eigenvalue weighted by atomic mass is 35.5. The number of aliphatic hydroxyl groups excluding tert-OH is 1. The number of rotatable bonds is 4. The highest BCUT2D eigenvalue weighted by molar-refractivity contribution is 5.85. The number of phenols is 1. The number of halogens is 1. The van der Waals surface area contributed by atoms with Crippen LogP contribution in [0.1, 0.15) is 37.4 Å². The van der Waals surface area contributed by atoms with Crippen molar-refractivity contribution < 1.29 is 10.2 Å². The molecular formula is C13H22ClNO2.